The number of anilines is 1. The summed E-state index contributed by atoms with van der Waals surface area (Å²) in [6, 6.07) is 3.46. The Balaban J connectivity index is 1.35. The van der Waals surface area contributed by atoms with Crippen LogP contribution in [0.1, 0.15) is 80.1 Å². The number of likely N-dealkylation sites (tertiary alicyclic amines) is 1. The fourth-order valence-electron chi connectivity index (χ4n) is 7.41. The standard InChI is InChI=1S/C40H51BrN6O8S/c1-8-22-18-40(22,36(50)51)46-34(48)28-16-24(19-47(28)35(49)33(39(5,6)7)45-38(52)55-23-12-10-11-13-23)54-30-17-26(27-20-56-37(44-27)42-21(3)4)43-32-25(30)14-15-29(31(32)41)53-9-2/h8,14-15,17,20-24,28,33H,1,9-13,16,18-19H2,2-7H3,(H,42,44)(H,45,52)(H,46,48)(H,50,51). The molecule has 16 heteroatoms. The molecule has 6 rings (SSSR count). The van der Waals surface area contributed by atoms with Crippen molar-refractivity contribution < 1.29 is 38.5 Å². The number of aromatic nitrogens is 2. The predicted octanol–water partition coefficient (Wildman–Crippen LogP) is 6.92. The second-order valence-corrected chi connectivity index (χ2v) is 17.7. The average molecular weight is 856 g/mol. The summed E-state index contributed by atoms with van der Waals surface area (Å²) in [4.78, 5) is 65.4. The van der Waals surface area contributed by atoms with Gasteiger partial charge in [0.25, 0.3) is 0 Å². The molecule has 3 aliphatic rings. The van der Waals surface area contributed by atoms with Crippen molar-refractivity contribution >= 4 is 67.2 Å². The molecule has 2 saturated carbocycles. The second-order valence-electron chi connectivity index (χ2n) is 16.1. The Morgan fingerprint density at radius 2 is 1.86 bits per heavy atom. The SMILES string of the molecule is C=CC1CC1(NC(=O)C1CC(Oc2cc(-c3csc(NC(C)C)n3)nc3c(Br)c(OCC)ccc23)CN1C(=O)C(NC(=O)OC1CCCC1)C(C)(C)C)C(=O)O. The minimum absolute atomic E-state index is 0.0235. The van der Waals surface area contributed by atoms with Crippen molar-refractivity contribution in [2.75, 3.05) is 18.5 Å². The number of carbonyl (C=O) groups is 4. The Bertz CT molecular complexity index is 1990. The van der Waals surface area contributed by atoms with Crippen LogP contribution in [0.15, 0.2) is 40.7 Å². The van der Waals surface area contributed by atoms with Crippen molar-refractivity contribution in [1.82, 2.24) is 25.5 Å². The van der Waals surface area contributed by atoms with Crippen molar-refractivity contribution in [2.24, 2.45) is 11.3 Å². The predicted molar refractivity (Wildman–Crippen MR) is 217 cm³/mol. The number of aliphatic carboxylic acids is 1. The zero-order chi connectivity index (χ0) is 40.5. The third-order valence-corrected chi connectivity index (χ3v) is 12.0. The number of rotatable bonds is 14. The lowest BCUT2D eigenvalue weighted by Crippen LogP contribution is -2.59. The number of alkyl carbamates (subject to hydrolysis) is 1. The van der Waals surface area contributed by atoms with Gasteiger partial charge in [-0.15, -0.1) is 17.9 Å². The van der Waals surface area contributed by atoms with Crippen LogP contribution in [0.5, 0.6) is 11.5 Å². The van der Waals surface area contributed by atoms with Gasteiger partial charge in [-0.05, 0) is 86.4 Å². The summed E-state index contributed by atoms with van der Waals surface area (Å²) < 4.78 is 18.9. The number of nitrogens with zero attached hydrogens (tertiary/aromatic N) is 3. The van der Waals surface area contributed by atoms with Gasteiger partial charge in [-0.3, -0.25) is 9.59 Å². The molecule has 4 N–H and O–H groups in total. The minimum Gasteiger partial charge on any atom is -0.493 e. The molecule has 3 heterocycles. The molecular weight excluding hydrogens is 804 g/mol. The molecule has 14 nitrogen and oxygen atoms in total. The zero-order valence-corrected chi connectivity index (χ0v) is 35.1. The summed E-state index contributed by atoms with van der Waals surface area (Å²) in [5, 5.41) is 22.3. The summed E-state index contributed by atoms with van der Waals surface area (Å²) >= 11 is 5.15. The van der Waals surface area contributed by atoms with Gasteiger partial charge in [0.1, 0.15) is 47.0 Å². The molecule has 3 aromatic rings. The largest absolute Gasteiger partial charge is 0.493 e. The molecule has 0 spiro atoms. The number of hydrogen-bond donors (Lipinski definition) is 4. The lowest BCUT2D eigenvalue weighted by molar-refractivity contribution is -0.146. The smallest absolute Gasteiger partial charge is 0.408 e. The molecule has 2 aliphatic carbocycles. The number of carboxylic acids is 1. The number of carboxylic acid groups (broad SMARTS) is 1. The van der Waals surface area contributed by atoms with Crippen LogP contribution in [0.4, 0.5) is 9.93 Å². The maximum absolute atomic E-state index is 14.6. The van der Waals surface area contributed by atoms with E-state index < -0.39 is 58.9 Å². The molecule has 5 atom stereocenters. The van der Waals surface area contributed by atoms with Gasteiger partial charge < -0.3 is 40.2 Å². The number of thiazole rings is 1. The highest BCUT2D eigenvalue weighted by atomic mass is 79.9. The van der Waals surface area contributed by atoms with Gasteiger partial charge in [-0.2, -0.15) is 0 Å². The van der Waals surface area contributed by atoms with Crippen LogP contribution in [0.25, 0.3) is 22.3 Å². The first-order valence-electron chi connectivity index (χ1n) is 19.1. The van der Waals surface area contributed by atoms with Crippen molar-refractivity contribution in [1.29, 1.82) is 0 Å². The summed E-state index contributed by atoms with van der Waals surface area (Å²) in [5.74, 6) is -1.73. The van der Waals surface area contributed by atoms with Crippen molar-refractivity contribution in [3.63, 3.8) is 0 Å². The lowest BCUT2D eigenvalue weighted by Gasteiger charge is -2.35. The van der Waals surface area contributed by atoms with Gasteiger partial charge in [0, 0.05) is 35.2 Å². The van der Waals surface area contributed by atoms with Gasteiger partial charge >= 0.3 is 12.1 Å². The molecular formula is C40H51BrN6O8S. The van der Waals surface area contributed by atoms with E-state index in [1.165, 1.54) is 22.3 Å². The Labute approximate surface area is 339 Å². The molecule has 3 fully saturated rings. The molecule has 2 aromatic heterocycles. The number of nitrogens with one attached hydrogen (secondary N) is 3. The van der Waals surface area contributed by atoms with Crippen LogP contribution in [0, 0.1) is 11.3 Å². The molecule has 3 amide bonds. The molecule has 1 aromatic carbocycles. The van der Waals surface area contributed by atoms with Crippen molar-refractivity contribution in [2.45, 2.75) is 116 Å². The third-order valence-electron chi connectivity index (χ3n) is 10.4. The van der Waals surface area contributed by atoms with E-state index in [0.717, 1.165) is 30.8 Å². The van der Waals surface area contributed by atoms with Crippen LogP contribution >= 0.6 is 27.3 Å². The van der Waals surface area contributed by atoms with E-state index in [1.807, 2.05) is 59.1 Å². The first-order chi connectivity index (χ1) is 26.5. The highest BCUT2D eigenvalue weighted by molar-refractivity contribution is 9.10. The number of pyridine rings is 1. The Morgan fingerprint density at radius 1 is 1.12 bits per heavy atom. The van der Waals surface area contributed by atoms with Gasteiger partial charge in [-0.1, -0.05) is 26.8 Å². The highest BCUT2D eigenvalue weighted by Crippen LogP contribution is 2.45. The molecule has 0 radical (unpaired) electrons. The van der Waals surface area contributed by atoms with Crippen molar-refractivity contribution in [3.05, 3.63) is 40.7 Å². The number of benzene rings is 1. The lowest BCUT2D eigenvalue weighted by atomic mass is 9.85. The van der Waals surface area contributed by atoms with E-state index in [-0.39, 0.29) is 31.5 Å². The quantitative estimate of drug-likeness (QED) is 0.124. The highest BCUT2D eigenvalue weighted by Gasteiger charge is 2.61. The zero-order valence-electron chi connectivity index (χ0n) is 32.6. The van der Waals surface area contributed by atoms with Crippen molar-refractivity contribution in [3.8, 4) is 22.9 Å². The van der Waals surface area contributed by atoms with Gasteiger partial charge in [0.05, 0.1) is 28.8 Å². The maximum atomic E-state index is 14.6. The monoisotopic (exact) mass is 854 g/mol. The summed E-state index contributed by atoms with van der Waals surface area (Å²) in [6.45, 7) is 15.6. The van der Waals surface area contributed by atoms with E-state index in [9.17, 15) is 24.3 Å². The molecule has 1 saturated heterocycles. The van der Waals surface area contributed by atoms with Crippen LogP contribution < -0.4 is 25.4 Å². The Morgan fingerprint density at radius 3 is 2.48 bits per heavy atom. The third kappa shape index (κ3) is 8.75. The number of ether oxygens (including phenoxy) is 3. The van der Waals surface area contributed by atoms with Gasteiger partial charge in [-0.25, -0.2) is 19.6 Å². The van der Waals surface area contributed by atoms with E-state index in [4.69, 9.17) is 24.2 Å². The van der Waals surface area contributed by atoms with Gasteiger partial charge in [0.2, 0.25) is 11.8 Å². The van der Waals surface area contributed by atoms with E-state index in [2.05, 4.69) is 38.5 Å². The molecule has 0 bridgehead atoms. The van der Waals surface area contributed by atoms with Gasteiger partial charge in [0.15, 0.2) is 5.13 Å². The normalized spacial score (nSPS) is 22.8. The topological polar surface area (TPSA) is 181 Å². The number of amides is 3. The molecule has 302 valence electrons. The van der Waals surface area contributed by atoms with Crippen LogP contribution in [-0.4, -0.2) is 92.9 Å². The average Bonchev–Trinajstić information content (AvgIpc) is 3.54. The second kappa shape index (κ2) is 16.6. The number of halogens is 1. The number of carbonyl (C=O) groups excluding carboxylic acids is 3. The van der Waals surface area contributed by atoms with Crippen LogP contribution in [-0.2, 0) is 19.1 Å². The first kappa shape index (κ1) is 41.2. The Kier molecular flexibility index (Phi) is 12.2. The molecule has 56 heavy (non-hydrogen) atoms. The fraction of sp³-hybridized carbons (Fsp3) is 0.550. The molecule has 1 aliphatic heterocycles. The van der Waals surface area contributed by atoms with E-state index in [1.54, 1.807) is 6.07 Å². The Hall–Kier alpha value is -4.44. The summed E-state index contributed by atoms with van der Waals surface area (Å²) in [6.07, 6.45) is 3.58. The fourth-order valence-corrected chi connectivity index (χ4v) is 8.81. The van der Waals surface area contributed by atoms with E-state index in [0.29, 0.717) is 44.9 Å². The first-order valence-corrected chi connectivity index (χ1v) is 20.8. The van der Waals surface area contributed by atoms with Crippen LogP contribution in [0.2, 0.25) is 0 Å². The minimum atomic E-state index is -1.52. The number of hydrogen-bond acceptors (Lipinski definition) is 11. The van der Waals surface area contributed by atoms with E-state index >= 15 is 0 Å². The van der Waals surface area contributed by atoms with Crippen LogP contribution in [0.3, 0.4) is 0 Å². The summed E-state index contributed by atoms with van der Waals surface area (Å²) in [5.41, 5.74) is -0.559. The summed E-state index contributed by atoms with van der Waals surface area (Å²) in [7, 11) is 0. The maximum Gasteiger partial charge on any atom is 0.408 e. The number of fused-ring (bicyclic) bond motifs is 1. The molecule has 5 unspecified atom stereocenters.